The topological polar surface area (TPSA) is 26.0 Å². The van der Waals surface area contributed by atoms with E-state index in [0.717, 1.165) is 6.42 Å². The summed E-state index contributed by atoms with van der Waals surface area (Å²) in [6.45, 7) is 2.30. The molecular weight excluding hydrogens is 314 g/mol. The fraction of sp³-hybridized carbons (Fsp3) is 0.182. The van der Waals surface area contributed by atoms with Crippen molar-refractivity contribution in [1.82, 2.24) is 0 Å². The van der Waals surface area contributed by atoms with Crippen LogP contribution in [0.25, 0.3) is 0 Å². The van der Waals surface area contributed by atoms with Gasteiger partial charge < -0.3 is 5.73 Å². The monoisotopic (exact) mass is 335 g/mol. The normalized spacial score (nSPS) is 24.9. The first kappa shape index (κ1) is 16.8. The number of fused-ring (bicyclic) bond motifs is 1. The van der Waals surface area contributed by atoms with Crippen LogP contribution in [-0.2, 0) is 17.4 Å². The molecule has 0 fully saturated rings. The van der Waals surface area contributed by atoms with Crippen LogP contribution in [0, 0.1) is 0 Å². The Hall–Kier alpha value is -2.09. The molecule has 0 aliphatic heterocycles. The molecule has 3 aromatic carbocycles. The van der Waals surface area contributed by atoms with Crippen molar-refractivity contribution in [3.05, 3.63) is 107 Å². The van der Waals surface area contributed by atoms with E-state index < -0.39 is 5.54 Å². The van der Waals surface area contributed by atoms with E-state index in [1.807, 2.05) is 6.07 Å². The third kappa shape index (κ3) is 2.20. The molecule has 0 amide bonds. The lowest BCUT2D eigenvalue weighted by Crippen LogP contribution is -2.52. The predicted octanol–water partition coefficient (Wildman–Crippen LogP) is 4.82. The van der Waals surface area contributed by atoms with Gasteiger partial charge in [-0.05, 0) is 28.7 Å². The number of benzene rings is 3. The molecule has 0 spiro atoms. The first-order valence-corrected chi connectivity index (χ1v) is 8.14. The largest absolute Gasteiger partial charge is 0.317 e. The summed E-state index contributed by atoms with van der Waals surface area (Å²) < 4.78 is 0. The lowest BCUT2D eigenvalue weighted by atomic mass is 9.64. The number of nitrogens with two attached hydrogens (primary N) is 1. The highest BCUT2D eigenvalue weighted by Gasteiger charge is 2.54. The molecule has 2 atom stereocenters. The molecule has 0 bridgehead atoms. The van der Waals surface area contributed by atoms with Crippen molar-refractivity contribution < 1.29 is 0 Å². The van der Waals surface area contributed by atoms with Crippen LogP contribution in [0.1, 0.15) is 29.2 Å². The maximum atomic E-state index is 7.20. The molecule has 0 heterocycles. The number of halogens is 1. The fourth-order valence-electron chi connectivity index (χ4n) is 4.19. The Kier molecular flexibility index (Phi) is 4.25. The summed E-state index contributed by atoms with van der Waals surface area (Å²) in [5.74, 6) is 0. The minimum absolute atomic E-state index is 0. The van der Waals surface area contributed by atoms with E-state index in [0.29, 0.717) is 0 Å². The van der Waals surface area contributed by atoms with Gasteiger partial charge in [-0.3, -0.25) is 0 Å². The van der Waals surface area contributed by atoms with Crippen molar-refractivity contribution in [3.63, 3.8) is 0 Å². The zero-order chi connectivity index (χ0) is 15.9. The van der Waals surface area contributed by atoms with Crippen molar-refractivity contribution in [3.8, 4) is 0 Å². The Bertz CT molecular complexity index is 831. The summed E-state index contributed by atoms with van der Waals surface area (Å²) in [7, 11) is 0. The molecule has 1 aliphatic rings. The third-order valence-corrected chi connectivity index (χ3v) is 5.50. The third-order valence-electron chi connectivity index (χ3n) is 5.50. The quantitative estimate of drug-likeness (QED) is 0.713. The van der Waals surface area contributed by atoms with Gasteiger partial charge in [0.05, 0.1) is 5.54 Å². The van der Waals surface area contributed by atoms with Gasteiger partial charge >= 0.3 is 0 Å². The minimum atomic E-state index is -0.522. The first-order chi connectivity index (χ1) is 11.2. The summed E-state index contributed by atoms with van der Waals surface area (Å²) in [5, 5.41) is 0. The first-order valence-electron chi connectivity index (χ1n) is 8.14. The van der Waals surface area contributed by atoms with Gasteiger partial charge in [0.15, 0.2) is 0 Å². The van der Waals surface area contributed by atoms with Crippen molar-refractivity contribution in [2.24, 2.45) is 5.73 Å². The van der Waals surface area contributed by atoms with Crippen LogP contribution in [0.4, 0.5) is 0 Å². The van der Waals surface area contributed by atoms with Gasteiger partial charge in [0.25, 0.3) is 0 Å². The lowest BCUT2D eigenvalue weighted by molar-refractivity contribution is 0.315. The Morgan fingerprint density at radius 2 is 1.21 bits per heavy atom. The van der Waals surface area contributed by atoms with Gasteiger partial charge in [-0.2, -0.15) is 0 Å². The molecule has 1 nitrogen and oxygen atoms in total. The number of hydrogen-bond acceptors (Lipinski definition) is 1. The van der Waals surface area contributed by atoms with Gasteiger partial charge in [0, 0.05) is 5.41 Å². The van der Waals surface area contributed by atoms with Crippen LogP contribution >= 0.6 is 12.4 Å². The molecular formula is C22H22ClN. The van der Waals surface area contributed by atoms with Crippen molar-refractivity contribution in [2.45, 2.75) is 24.3 Å². The second kappa shape index (κ2) is 6.08. The second-order valence-electron chi connectivity index (χ2n) is 6.71. The molecule has 4 rings (SSSR count). The van der Waals surface area contributed by atoms with E-state index in [1.165, 1.54) is 22.3 Å². The Morgan fingerprint density at radius 3 is 1.83 bits per heavy atom. The van der Waals surface area contributed by atoms with Crippen LogP contribution in [-0.4, -0.2) is 0 Å². The van der Waals surface area contributed by atoms with Crippen molar-refractivity contribution in [2.75, 3.05) is 0 Å². The Morgan fingerprint density at radius 1 is 0.708 bits per heavy atom. The fourth-order valence-corrected chi connectivity index (χ4v) is 4.19. The average molecular weight is 336 g/mol. The molecule has 24 heavy (non-hydrogen) atoms. The highest BCUT2D eigenvalue weighted by Crippen LogP contribution is 2.53. The van der Waals surface area contributed by atoms with Gasteiger partial charge in [-0.15, -0.1) is 12.4 Å². The van der Waals surface area contributed by atoms with E-state index in [1.54, 1.807) is 0 Å². The predicted molar refractivity (Wildman–Crippen MR) is 103 cm³/mol. The van der Waals surface area contributed by atoms with Crippen LogP contribution in [0.3, 0.4) is 0 Å². The average Bonchev–Trinajstić information content (AvgIpc) is 2.86. The Labute approximate surface area is 149 Å². The molecule has 1 aliphatic carbocycles. The zero-order valence-electron chi connectivity index (χ0n) is 13.8. The summed E-state index contributed by atoms with van der Waals surface area (Å²) in [5.41, 5.74) is 11.6. The zero-order valence-corrected chi connectivity index (χ0v) is 14.6. The summed E-state index contributed by atoms with van der Waals surface area (Å²) in [6, 6.07) is 29.8. The number of rotatable bonds is 2. The molecule has 3 aromatic rings. The molecule has 0 aromatic heterocycles. The van der Waals surface area contributed by atoms with E-state index in [2.05, 4.69) is 85.8 Å². The van der Waals surface area contributed by atoms with E-state index in [9.17, 15) is 0 Å². The van der Waals surface area contributed by atoms with Crippen LogP contribution < -0.4 is 5.73 Å². The molecule has 0 radical (unpaired) electrons. The van der Waals surface area contributed by atoms with Crippen LogP contribution in [0.2, 0.25) is 0 Å². The van der Waals surface area contributed by atoms with Crippen LogP contribution in [0.5, 0.6) is 0 Å². The molecule has 122 valence electrons. The van der Waals surface area contributed by atoms with Gasteiger partial charge in [-0.1, -0.05) is 91.9 Å². The van der Waals surface area contributed by atoms with Crippen molar-refractivity contribution in [1.29, 1.82) is 0 Å². The smallest absolute Gasteiger partial charge is 0.0766 e. The van der Waals surface area contributed by atoms with Gasteiger partial charge in [0.1, 0.15) is 0 Å². The highest BCUT2D eigenvalue weighted by atomic mass is 35.5. The summed E-state index contributed by atoms with van der Waals surface area (Å²) in [6.07, 6.45) is 0.957. The number of hydrogen-bond donors (Lipinski definition) is 1. The second-order valence-corrected chi connectivity index (χ2v) is 6.71. The molecule has 0 unspecified atom stereocenters. The van der Waals surface area contributed by atoms with Crippen molar-refractivity contribution >= 4 is 12.4 Å². The molecule has 2 heteroatoms. The maximum Gasteiger partial charge on any atom is 0.0766 e. The lowest BCUT2D eigenvalue weighted by Gasteiger charge is -2.42. The summed E-state index contributed by atoms with van der Waals surface area (Å²) >= 11 is 0. The minimum Gasteiger partial charge on any atom is -0.317 e. The SMILES string of the molecule is C[C@@]1(c2ccccc2)Cc2ccccc2[C@@]1(N)c1ccccc1.Cl. The summed E-state index contributed by atoms with van der Waals surface area (Å²) in [4.78, 5) is 0. The van der Waals surface area contributed by atoms with E-state index >= 15 is 0 Å². The van der Waals surface area contributed by atoms with Gasteiger partial charge in [0.2, 0.25) is 0 Å². The maximum absolute atomic E-state index is 7.20. The standard InChI is InChI=1S/C22H21N.ClH/c1-21(18-11-4-2-5-12-18)16-17-10-8-9-15-20(17)22(21,23)19-13-6-3-7-14-19;/h2-15H,16,23H2,1H3;1H/t21-,22-;/m0./s1. The molecule has 2 N–H and O–H groups in total. The molecule has 0 saturated carbocycles. The van der Waals surface area contributed by atoms with E-state index in [4.69, 9.17) is 5.73 Å². The Balaban J connectivity index is 0.00000169. The van der Waals surface area contributed by atoms with Crippen LogP contribution in [0.15, 0.2) is 84.9 Å². The highest BCUT2D eigenvalue weighted by molar-refractivity contribution is 5.85. The molecule has 0 saturated heterocycles. The van der Waals surface area contributed by atoms with E-state index in [-0.39, 0.29) is 17.8 Å². The van der Waals surface area contributed by atoms with Gasteiger partial charge in [-0.25, -0.2) is 0 Å².